The molecule has 16 heavy (non-hydrogen) atoms. The molecule has 0 saturated carbocycles. The average molecular weight is 620 g/mol. The summed E-state index contributed by atoms with van der Waals surface area (Å²) in [6, 6.07) is 0. The summed E-state index contributed by atoms with van der Waals surface area (Å²) in [4.78, 5) is 0. The molecule has 0 aromatic heterocycles. The molecule has 1 aliphatic rings. The minimum absolute atomic E-state index is 0. The first-order valence-corrected chi connectivity index (χ1v) is 3.98. The van der Waals surface area contributed by atoms with Gasteiger partial charge in [-0.15, -0.1) is 102 Å². The summed E-state index contributed by atoms with van der Waals surface area (Å²) in [6.45, 7) is 0. The molecule has 0 aromatic rings. The van der Waals surface area contributed by atoms with Gasteiger partial charge >= 0.3 is 0 Å². The Labute approximate surface area is 162 Å². The lowest BCUT2D eigenvalue weighted by molar-refractivity contribution is 0.762. The summed E-state index contributed by atoms with van der Waals surface area (Å²) in [5, 5.41) is 0. The van der Waals surface area contributed by atoms with E-state index in [1.165, 1.54) is 25.7 Å². The first-order valence-electron chi connectivity index (χ1n) is 3.98. The van der Waals surface area contributed by atoms with E-state index in [9.17, 15) is 0 Å². The molecule has 0 aromatic carbocycles. The smallest absolute Gasteiger partial charge is 0.0347 e. The molecule has 102 valence electrons. The second-order valence-electron chi connectivity index (χ2n) is 2.53. The second-order valence-corrected chi connectivity index (χ2v) is 2.53. The highest BCUT2D eigenvalue weighted by molar-refractivity contribution is 8.93. The van der Waals surface area contributed by atoms with Crippen molar-refractivity contribution < 1.29 is 0 Å². The summed E-state index contributed by atoms with van der Waals surface area (Å²) < 4.78 is 0. The average Bonchev–Trinajstić information content (AvgIpc) is 2.01. The van der Waals surface area contributed by atoms with E-state index < -0.39 is 0 Å². The molecule has 0 heterocycles. The van der Waals surface area contributed by atoms with Crippen LogP contribution in [0.1, 0.15) is 25.7 Å². The van der Waals surface area contributed by atoms with E-state index in [2.05, 4.69) is 36.5 Å². The fraction of sp³-hybridized carbons (Fsp3) is 0.400. The van der Waals surface area contributed by atoms with Crippen LogP contribution in [0.5, 0.6) is 0 Å². The fourth-order valence-electron chi connectivity index (χ4n) is 1.00. The van der Waals surface area contributed by atoms with Crippen molar-refractivity contribution in [1.82, 2.24) is 0 Å². The zero-order valence-corrected chi connectivity index (χ0v) is 19.0. The predicted molar refractivity (Wildman–Crippen MR) is 108 cm³/mol. The Morgan fingerprint density at radius 1 is 0.438 bits per heavy atom. The molecule has 0 radical (unpaired) electrons. The lowest BCUT2D eigenvalue weighted by atomic mass is 10.1. The van der Waals surface area contributed by atoms with Crippen LogP contribution >= 0.6 is 102 Å². The highest BCUT2D eigenvalue weighted by Gasteiger charge is 1.83. The molecule has 0 atom stereocenters. The minimum Gasteiger partial charge on any atom is -0.114 e. The van der Waals surface area contributed by atoms with Crippen molar-refractivity contribution in [3.05, 3.63) is 36.5 Å². The largest absolute Gasteiger partial charge is 0.114 e. The van der Waals surface area contributed by atoms with E-state index in [4.69, 9.17) is 0 Å². The van der Waals surface area contributed by atoms with E-state index in [1.807, 2.05) is 0 Å². The molecule has 0 N–H and O–H groups in total. The monoisotopic (exact) mass is 614 g/mol. The van der Waals surface area contributed by atoms with Crippen LogP contribution in [0.2, 0.25) is 0 Å². The van der Waals surface area contributed by atoms with Crippen molar-refractivity contribution >= 4 is 102 Å². The minimum atomic E-state index is 0. The van der Waals surface area contributed by atoms with Gasteiger partial charge in [0.2, 0.25) is 0 Å². The van der Waals surface area contributed by atoms with Gasteiger partial charge in [-0.2, -0.15) is 0 Å². The molecule has 6 heteroatoms. The lowest BCUT2D eigenvalue weighted by Gasteiger charge is -1.92. The van der Waals surface area contributed by atoms with Gasteiger partial charge in [-0.1, -0.05) is 36.5 Å². The molecule has 0 bridgehead atoms. The Kier molecular flexibility index (Phi) is 68.4. The quantitative estimate of drug-likeness (QED) is 0.283. The Morgan fingerprint density at radius 2 is 0.750 bits per heavy atom. The van der Waals surface area contributed by atoms with Crippen LogP contribution in [0.25, 0.3) is 0 Å². The molecular formula is C10H20Br6. The van der Waals surface area contributed by atoms with Crippen molar-refractivity contribution in [3.63, 3.8) is 0 Å². The van der Waals surface area contributed by atoms with Crippen molar-refractivity contribution in [2.45, 2.75) is 25.7 Å². The normalized spacial score (nSPS) is 12.0. The molecule has 0 nitrogen and oxygen atoms in total. The summed E-state index contributed by atoms with van der Waals surface area (Å²) in [5.41, 5.74) is 0. The van der Waals surface area contributed by atoms with Crippen molar-refractivity contribution in [2.75, 3.05) is 0 Å². The van der Waals surface area contributed by atoms with Crippen LogP contribution in [0, 0.1) is 0 Å². The maximum absolute atomic E-state index is 2.23. The molecule has 1 rings (SSSR count). The van der Waals surface area contributed by atoms with Crippen LogP contribution < -0.4 is 0 Å². The van der Waals surface area contributed by atoms with Gasteiger partial charge in [0.25, 0.3) is 0 Å². The third-order valence-electron chi connectivity index (χ3n) is 1.60. The number of hydrogen-bond acceptors (Lipinski definition) is 0. The molecule has 0 spiro atoms. The molecule has 1 aliphatic carbocycles. The fourth-order valence-corrected chi connectivity index (χ4v) is 1.00. The van der Waals surface area contributed by atoms with Crippen LogP contribution in [-0.2, 0) is 0 Å². The molecular weight excluding hydrogens is 600 g/mol. The molecule has 0 unspecified atom stereocenters. The number of rotatable bonds is 0. The standard InChI is InChI=1S/C10H14.6BrH/c1-2-4-6-8-10-9-7-5-3-1;;;;;;/h1-6H,7-10H2;6*1H. The number of hydrogen-bond donors (Lipinski definition) is 0. The van der Waals surface area contributed by atoms with Gasteiger partial charge in [0, 0.05) is 0 Å². The van der Waals surface area contributed by atoms with Crippen molar-refractivity contribution in [2.24, 2.45) is 0 Å². The van der Waals surface area contributed by atoms with Gasteiger partial charge in [-0.3, -0.25) is 0 Å². The SMILES string of the molecule is Br.Br.Br.Br.Br.Br.C1=CC=CCCCCC=C1. The van der Waals surface area contributed by atoms with Crippen molar-refractivity contribution in [3.8, 4) is 0 Å². The zero-order valence-electron chi connectivity index (χ0n) is 8.74. The van der Waals surface area contributed by atoms with Gasteiger partial charge in [0.05, 0.1) is 0 Å². The van der Waals surface area contributed by atoms with Crippen LogP contribution in [-0.4, -0.2) is 0 Å². The van der Waals surface area contributed by atoms with Gasteiger partial charge in [0.15, 0.2) is 0 Å². The summed E-state index contributed by atoms with van der Waals surface area (Å²) >= 11 is 0. The van der Waals surface area contributed by atoms with E-state index in [-0.39, 0.29) is 102 Å². The Morgan fingerprint density at radius 3 is 1.06 bits per heavy atom. The topological polar surface area (TPSA) is 0 Å². The Hall–Kier alpha value is 2.10. The molecule has 0 fully saturated rings. The highest BCUT2D eigenvalue weighted by Crippen LogP contribution is 2.03. The van der Waals surface area contributed by atoms with Crippen molar-refractivity contribution in [1.29, 1.82) is 0 Å². The van der Waals surface area contributed by atoms with Crippen LogP contribution in [0.3, 0.4) is 0 Å². The van der Waals surface area contributed by atoms with E-state index in [0.29, 0.717) is 0 Å². The number of halogens is 6. The zero-order chi connectivity index (χ0) is 7.07. The van der Waals surface area contributed by atoms with Crippen LogP contribution in [0.15, 0.2) is 36.5 Å². The van der Waals surface area contributed by atoms with Gasteiger partial charge < -0.3 is 0 Å². The Bertz CT molecular complexity index is 147. The summed E-state index contributed by atoms with van der Waals surface area (Å²) in [6.07, 6.45) is 18.0. The molecule has 0 amide bonds. The van der Waals surface area contributed by atoms with E-state index in [0.717, 1.165) is 0 Å². The molecule has 0 saturated heterocycles. The number of allylic oxidation sites excluding steroid dienone is 6. The van der Waals surface area contributed by atoms with E-state index >= 15 is 0 Å². The Balaban J connectivity index is -0.0000000417. The van der Waals surface area contributed by atoms with Gasteiger partial charge in [-0.05, 0) is 25.7 Å². The maximum Gasteiger partial charge on any atom is -0.0347 e. The third-order valence-corrected chi connectivity index (χ3v) is 1.60. The highest BCUT2D eigenvalue weighted by atomic mass is 79.9. The molecule has 0 aliphatic heterocycles. The van der Waals surface area contributed by atoms with E-state index in [1.54, 1.807) is 0 Å². The first-order chi connectivity index (χ1) is 5.00. The lowest BCUT2D eigenvalue weighted by Crippen LogP contribution is -1.72. The first kappa shape index (κ1) is 36.1. The summed E-state index contributed by atoms with van der Waals surface area (Å²) in [5.74, 6) is 0. The third kappa shape index (κ3) is 25.1. The summed E-state index contributed by atoms with van der Waals surface area (Å²) in [7, 11) is 0. The second kappa shape index (κ2) is 30.3. The van der Waals surface area contributed by atoms with Crippen LogP contribution in [0.4, 0.5) is 0 Å². The van der Waals surface area contributed by atoms with Gasteiger partial charge in [-0.25, -0.2) is 0 Å². The maximum atomic E-state index is 2.23. The predicted octanol–water partition coefficient (Wildman–Crippen LogP) is 6.70. The van der Waals surface area contributed by atoms with Gasteiger partial charge in [0.1, 0.15) is 0 Å².